The molecule has 5 N–H and O–H groups in total. The molecule has 0 aromatic heterocycles. The Morgan fingerprint density at radius 3 is 2.38 bits per heavy atom. The van der Waals surface area contributed by atoms with Crippen molar-refractivity contribution in [3.63, 3.8) is 0 Å². The molecule has 2 aromatic carbocycles. The first-order valence-corrected chi connectivity index (χ1v) is 8.59. The number of carbonyl (C=O) groups excluding carboxylic acids is 1. The minimum Gasteiger partial charge on any atom is -0.399 e. The van der Waals surface area contributed by atoms with Gasteiger partial charge in [0.05, 0.1) is 5.56 Å². The molecule has 7 heteroatoms. The predicted octanol–water partition coefficient (Wildman–Crippen LogP) is 2.02. The molecule has 0 spiro atoms. The fourth-order valence-electron chi connectivity index (χ4n) is 3.14. The maximum atomic E-state index is 11.5. The van der Waals surface area contributed by atoms with Crippen LogP contribution in [0.2, 0.25) is 0 Å². The van der Waals surface area contributed by atoms with Gasteiger partial charge in [0.15, 0.2) is 0 Å². The highest BCUT2D eigenvalue weighted by Crippen LogP contribution is 2.19. The third-order valence-corrected chi connectivity index (χ3v) is 4.55. The molecular formula is C19H26ClN5O. The SMILES string of the molecule is Cl.NC(=O)c1cc(N)ccc1NCCN1CCN(c2ccccc2)CC1. The van der Waals surface area contributed by atoms with Crippen LogP contribution in [0.5, 0.6) is 0 Å². The van der Waals surface area contributed by atoms with Gasteiger partial charge < -0.3 is 21.7 Å². The Kier molecular flexibility index (Phi) is 7.12. The zero-order valence-corrected chi connectivity index (χ0v) is 15.5. The van der Waals surface area contributed by atoms with E-state index in [-0.39, 0.29) is 12.4 Å². The summed E-state index contributed by atoms with van der Waals surface area (Å²) >= 11 is 0. The van der Waals surface area contributed by atoms with Crippen molar-refractivity contribution in [2.24, 2.45) is 5.73 Å². The second-order valence-corrected chi connectivity index (χ2v) is 6.26. The number of amides is 1. The van der Waals surface area contributed by atoms with Gasteiger partial charge in [-0.15, -0.1) is 12.4 Å². The van der Waals surface area contributed by atoms with E-state index < -0.39 is 5.91 Å². The van der Waals surface area contributed by atoms with Crippen LogP contribution in [-0.4, -0.2) is 50.1 Å². The third kappa shape index (κ3) is 5.03. The maximum Gasteiger partial charge on any atom is 0.250 e. The van der Waals surface area contributed by atoms with E-state index in [4.69, 9.17) is 11.5 Å². The molecule has 1 heterocycles. The molecule has 0 bridgehead atoms. The molecule has 1 saturated heterocycles. The normalized spacial score (nSPS) is 14.5. The number of carbonyl (C=O) groups is 1. The highest BCUT2D eigenvalue weighted by atomic mass is 35.5. The molecule has 0 radical (unpaired) electrons. The Labute approximate surface area is 160 Å². The molecule has 0 unspecified atom stereocenters. The molecule has 6 nitrogen and oxygen atoms in total. The zero-order chi connectivity index (χ0) is 17.6. The quantitative estimate of drug-likeness (QED) is 0.672. The average molecular weight is 376 g/mol. The number of hydrogen-bond acceptors (Lipinski definition) is 5. The van der Waals surface area contributed by atoms with Gasteiger partial charge in [-0.2, -0.15) is 0 Å². The lowest BCUT2D eigenvalue weighted by Gasteiger charge is -2.36. The van der Waals surface area contributed by atoms with Gasteiger partial charge in [0.25, 0.3) is 5.91 Å². The van der Waals surface area contributed by atoms with Crippen LogP contribution in [0.1, 0.15) is 10.4 Å². The minimum atomic E-state index is -0.466. The van der Waals surface area contributed by atoms with Crippen molar-refractivity contribution in [2.75, 3.05) is 55.2 Å². The molecule has 140 valence electrons. The van der Waals surface area contributed by atoms with Crippen molar-refractivity contribution in [3.8, 4) is 0 Å². The standard InChI is InChI=1S/C19H25N5O.ClH/c20-15-6-7-18(17(14-15)19(21)25)22-8-9-23-10-12-24(13-11-23)16-4-2-1-3-5-16;/h1-7,14,22H,8-13,20H2,(H2,21,25);1H. The van der Waals surface area contributed by atoms with Gasteiger partial charge in [-0.05, 0) is 30.3 Å². The summed E-state index contributed by atoms with van der Waals surface area (Å²) in [7, 11) is 0. The number of anilines is 3. The summed E-state index contributed by atoms with van der Waals surface area (Å²) in [6.45, 7) is 5.79. The summed E-state index contributed by atoms with van der Waals surface area (Å²) in [5.74, 6) is -0.466. The van der Waals surface area contributed by atoms with E-state index in [1.165, 1.54) is 5.69 Å². The van der Waals surface area contributed by atoms with Crippen molar-refractivity contribution in [1.29, 1.82) is 0 Å². The third-order valence-electron chi connectivity index (χ3n) is 4.55. The van der Waals surface area contributed by atoms with E-state index >= 15 is 0 Å². The van der Waals surface area contributed by atoms with E-state index in [9.17, 15) is 4.79 Å². The number of nitrogens with one attached hydrogen (secondary N) is 1. The van der Waals surface area contributed by atoms with Crippen LogP contribution in [0.15, 0.2) is 48.5 Å². The van der Waals surface area contributed by atoms with Gasteiger partial charge in [0.2, 0.25) is 0 Å². The maximum absolute atomic E-state index is 11.5. The number of nitrogens with two attached hydrogens (primary N) is 2. The summed E-state index contributed by atoms with van der Waals surface area (Å²) in [5, 5.41) is 3.30. The van der Waals surface area contributed by atoms with Crippen LogP contribution < -0.4 is 21.7 Å². The summed E-state index contributed by atoms with van der Waals surface area (Å²) < 4.78 is 0. The fourth-order valence-corrected chi connectivity index (χ4v) is 3.14. The monoisotopic (exact) mass is 375 g/mol. The number of para-hydroxylation sites is 1. The van der Waals surface area contributed by atoms with Crippen LogP contribution in [0.25, 0.3) is 0 Å². The summed E-state index contributed by atoms with van der Waals surface area (Å²) in [6.07, 6.45) is 0. The van der Waals surface area contributed by atoms with Gasteiger partial charge in [0.1, 0.15) is 0 Å². The molecule has 2 aromatic rings. The average Bonchev–Trinajstić information content (AvgIpc) is 2.64. The molecule has 0 aliphatic carbocycles. The summed E-state index contributed by atoms with van der Waals surface area (Å²) in [6, 6.07) is 15.7. The summed E-state index contributed by atoms with van der Waals surface area (Å²) in [4.78, 5) is 16.4. The zero-order valence-electron chi connectivity index (χ0n) is 14.7. The highest BCUT2D eigenvalue weighted by Gasteiger charge is 2.16. The molecule has 1 fully saturated rings. The molecular weight excluding hydrogens is 350 g/mol. The lowest BCUT2D eigenvalue weighted by Crippen LogP contribution is -2.47. The van der Waals surface area contributed by atoms with Gasteiger partial charge >= 0.3 is 0 Å². The topological polar surface area (TPSA) is 87.6 Å². The molecule has 3 rings (SSSR count). The van der Waals surface area contributed by atoms with Crippen LogP contribution in [0.4, 0.5) is 17.1 Å². The molecule has 26 heavy (non-hydrogen) atoms. The van der Waals surface area contributed by atoms with Crippen LogP contribution in [0.3, 0.4) is 0 Å². The van der Waals surface area contributed by atoms with Gasteiger partial charge in [-0.25, -0.2) is 0 Å². The van der Waals surface area contributed by atoms with Gasteiger partial charge in [-0.1, -0.05) is 18.2 Å². The van der Waals surface area contributed by atoms with Crippen molar-refractivity contribution < 1.29 is 4.79 Å². The number of halogens is 1. The highest BCUT2D eigenvalue weighted by molar-refractivity contribution is 5.99. The molecule has 0 saturated carbocycles. The molecule has 0 atom stereocenters. The van der Waals surface area contributed by atoms with Gasteiger partial charge in [-0.3, -0.25) is 9.69 Å². The molecule has 1 aliphatic heterocycles. The first-order valence-electron chi connectivity index (χ1n) is 8.59. The number of nitrogens with zero attached hydrogens (tertiary/aromatic N) is 2. The Balaban J connectivity index is 0.00000243. The first kappa shape index (κ1) is 19.9. The van der Waals surface area contributed by atoms with E-state index in [0.29, 0.717) is 11.3 Å². The number of nitrogen functional groups attached to an aromatic ring is 1. The van der Waals surface area contributed by atoms with Crippen molar-refractivity contribution >= 4 is 35.4 Å². The van der Waals surface area contributed by atoms with Crippen molar-refractivity contribution in [3.05, 3.63) is 54.1 Å². The lowest BCUT2D eigenvalue weighted by atomic mass is 10.1. The molecule has 1 amide bonds. The Morgan fingerprint density at radius 2 is 1.73 bits per heavy atom. The van der Waals surface area contributed by atoms with Crippen LogP contribution >= 0.6 is 12.4 Å². The van der Waals surface area contributed by atoms with E-state index in [0.717, 1.165) is 45.0 Å². The Morgan fingerprint density at radius 1 is 1.04 bits per heavy atom. The minimum absolute atomic E-state index is 0. The van der Waals surface area contributed by atoms with Crippen LogP contribution in [0, 0.1) is 0 Å². The second kappa shape index (κ2) is 9.31. The largest absolute Gasteiger partial charge is 0.399 e. The van der Waals surface area contributed by atoms with Gasteiger partial charge in [0, 0.05) is 56.3 Å². The Bertz CT molecular complexity index is 717. The fraction of sp³-hybridized carbons (Fsp3) is 0.316. The Hall–Kier alpha value is -2.44. The smallest absolute Gasteiger partial charge is 0.250 e. The second-order valence-electron chi connectivity index (χ2n) is 6.26. The number of hydrogen-bond donors (Lipinski definition) is 3. The number of benzene rings is 2. The van der Waals surface area contributed by atoms with Crippen LogP contribution in [-0.2, 0) is 0 Å². The van der Waals surface area contributed by atoms with Crippen molar-refractivity contribution in [1.82, 2.24) is 4.90 Å². The first-order chi connectivity index (χ1) is 12.1. The molecule has 1 aliphatic rings. The summed E-state index contributed by atoms with van der Waals surface area (Å²) in [5.41, 5.74) is 14.1. The van der Waals surface area contributed by atoms with E-state index in [1.807, 2.05) is 12.1 Å². The number of piperazine rings is 1. The van der Waals surface area contributed by atoms with E-state index in [2.05, 4.69) is 39.4 Å². The predicted molar refractivity (Wildman–Crippen MR) is 110 cm³/mol. The number of primary amides is 1. The lowest BCUT2D eigenvalue weighted by molar-refractivity contribution is 0.100. The van der Waals surface area contributed by atoms with E-state index in [1.54, 1.807) is 12.1 Å². The number of rotatable bonds is 6. The van der Waals surface area contributed by atoms with Crippen molar-refractivity contribution in [2.45, 2.75) is 0 Å².